The minimum absolute atomic E-state index is 0.242. The third-order valence-electron chi connectivity index (χ3n) is 3.18. The minimum Gasteiger partial charge on any atom is -0.482 e. The van der Waals surface area contributed by atoms with Crippen molar-refractivity contribution in [2.45, 2.75) is 20.3 Å². The van der Waals surface area contributed by atoms with Gasteiger partial charge in [0.15, 0.2) is 13.2 Å². The molecule has 0 saturated carbocycles. The average molecular weight is 304 g/mol. The summed E-state index contributed by atoms with van der Waals surface area (Å²) in [6.45, 7) is 3.65. The van der Waals surface area contributed by atoms with E-state index in [0.29, 0.717) is 12.3 Å². The number of carbonyl (C=O) groups is 2. The number of carbonyl (C=O) groups excluding carboxylic acids is 2. The monoisotopic (exact) mass is 304 g/mol. The molecular formula is C16H20N2O4. The third kappa shape index (κ3) is 5.83. The van der Waals surface area contributed by atoms with Crippen LogP contribution in [0, 0.1) is 25.2 Å². The summed E-state index contributed by atoms with van der Waals surface area (Å²) in [5.74, 6) is -0.382. The van der Waals surface area contributed by atoms with Gasteiger partial charge in [0.25, 0.3) is 5.91 Å². The summed E-state index contributed by atoms with van der Waals surface area (Å²) in [6.07, 6.45) is 0.242. The number of amides is 1. The molecular weight excluding hydrogens is 284 g/mol. The van der Waals surface area contributed by atoms with Crippen molar-refractivity contribution in [1.82, 2.24) is 4.90 Å². The van der Waals surface area contributed by atoms with Crippen LogP contribution in [0.5, 0.6) is 5.75 Å². The van der Waals surface area contributed by atoms with Gasteiger partial charge in [-0.2, -0.15) is 5.26 Å². The van der Waals surface area contributed by atoms with Crippen molar-refractivity contribution < 1.29 is 19.1 Å². The van der Waals surface area contributed by atoms with Crippen molar-refractivity contribution >= 4 is 11.9 Å². The van der Waals surface area contributed by atoms with Crippen LogP contribution >= 0.6 is 0 Å². The molecule has 1 rings (SSSR count). The second kappa shape index (κ2) is 8.67. The van der Waals surface area contributed by atoms with Crippen molar-refractivity contribution in [2.24, 2.45) is 0 Å². The number of rotatable bonds is 7. The molecule has 118 valence electrons. The maximum Gasteiger partial charge on any atom is 0.344 e. The number of benzene rings is 1. The minimum atomic E-state index is -0.611. The van der Waals surface area contributed by atoms with Crippen LogP contribution in [0.1, 0.15) is 17.5 Å². The molecule has 22 heavy (non-hydrogen) atoms. The summed E-state index contributed by atoms with van der Waals surface area (Å²) < 4.78 is 10.2. The highest BCUT2D eigenvalue weighted by Crippen LogP contribution is 2.16. The normalized spacial score (nSPS) is 9.73. The quantitative estimate of drug-likeness (QED) is 0.715. The first kappa shape index (κ1) is 17.5. The molecule has 0 aliphatic carbocycles. The summed E-state index contributed by atoms with van der Waals surface area (Å²) in [7, 11) is 1.55. The van der Waals surface area contributed by atoms with E-state index in [9.17, 15) is 9.59 Å². The van der Waals surface area contributed by atoms with E-state index in [1.165, 1.54) is 4.90 Å². The van der Waals surface area contributed by atoms with Gasteiger partial charge in [0.1, 0.15) is 5.75 Å². The van der Waals surface area contributed by atoms with Crippen molar-refractivity contribution in [1.29, 1.82) is 5.26 Å². The van der Waals surface area contributed by atoms with Gasteiger partial charge in [0, 0.05) is 13.6 Å². The highest BCUT2D eigenvalue weighted by Gasteiger charge is 2.12. The molecule has 0 fully saturated rings. The lowest BCUT2D eigenvalue weighted by atomic mass is 10.1. The lowest BCUT2D eigenvalue weighted by Crippen LogP contribution is -2.32. The Balaban J connectivity index is 2.33. The number of likely N-dealkylation sites (N-methyl/N-ethyl adjacent to an activating group) is 1. The number of hydrogen-bond acceptors (Lipinski definition) is 5. The molecule has 0 unspecified atom stereocenters. The Morgan fingerprint density at radius 2 is 1.95 bits per heavy atom. The van der Waals surface area contributed by atoms with Crippen molar-refractivity contribution in [3.05, 3.63) is 29.3 Å². The molecule has 6 heteroatoms. The largest absolute Gasteiger partial charge is 0.482 e. The zero-order valence-corrected chi connectivity index (χ0v) is 13.1. The summed E-state index contributed by atoms with van der Waals surface area (Å²) >= 11 is 0. The van der Waals surface area contributed by atoms with Crippen LogP contribution < -0.4 is 4.74 Å². The number of nitriles is 1. The Morgan fingerprint density at radius 3 is 2.59 bits per heavy atom. The van der Waals surface area contributed by atoms with E-state index in [-0.39, 0.29) is 25.5 Å². The molecule has 1 amide bonds. The lowest BCUT2D eigenvalue weighted by Gasteiger charge is -2.15. The molecule has 0 aliphatic rings. The molecule has 1 aromatic carbocycles. The van der Waals surface area contributed by atoms with E-state index in [1.54, 1.807) is 13.1 Å². The Hall–Kier alpha value is -2.55. The number of aryl methyl sites for hydroxylation is 2. The van der Waals surface area contributed by atoms with Gasteiger partial charge in [-0.25, -0.2) is 4.79 Å². The predicted octanol–water partition coefficient (Wildman–Crippen LogP) is 1.60. The first-order valence-electron chi connectivity index (χ1n) is 6.90. The summed E-state index contributed by atoms with van der Waals surface area (Å²) in [6, 6.07) is 7.46. The summed E-state index contributed by atoms with van der Waals surface area (Å²) in [4.78, 5) is 24.5. The number of ether oxygens (including phenoxy) is 2. The summed E-state index contributed by atoms with van der Waals surface area (Å²) in [5.41, 5.74) is 2.21. The van der Waals surface area contributed by atoms with Crippen molar-refractivity contribution in [3.8, 4) is 11.8 Å². The molecule has 0 radical (unpaired) electrons. The first-order chi connectivity index (χ1) is 10.4. The van der Waals surface area contributed by atoms with Gasteiger partial charge in [-0.1, -0.05) is 6.07 Å². The van der Waals surface area contributed by atoms with E-state index in [1.807, 2.05) is 32.0 Å². The molecule has 0 aromatic heterocycles. The van der Waals surface area contributed by atoms with Gasteiger partial charge in [-0.05, 0) is 37.1 Å². The van der Waals surface area contributed by atoms with Gasteiger partial charge >= 0.3 is 5.97 Å². The number of esters is 1. The van der Waals surface area contributed by atoms with Gasteiger partial charge in [-0.15, -0.1) is 0 Å². The van der Waals surface area contributed by atoms with Crippen LogP contribution in [0.15, 0.2) is 18.2 Å². The fourth-order valence-corrected chi connectivity index (χ4v) is 1.58. The maximum absolute atomic E-state index is 11.6. The van der Waals surface area contributed by atoms with Crippen LogP contribution in [-0.4, -0.2) is 43.6 Å². The van der Waals surface area contributed by atoms with Crippen LogP contribution in [-0.2, 0) is 14.3 Å². The van der Waals surface area contributed by atoms with Crippen LogP contribution in [0.2, 0.25) is 0 Å². The molecule has 0 saturated heterocycles. The highest BCUT2D eigenvalue weighted by atomic mass is 16.6. The Kier molecular flexibility index (Phi) is 6.90. The van der Waals surface area contributed by atoms with E-state index in [0.717, 1.165) is 11.1 Å². The Morgan fingerprint density at radius 1 is 1.23 bits per heavy atom. The molecule has 0 spiro atoms. The highest BCUT2D eigenvalue weighted by molar-refractivity contribution is 5.80. The first-order valence-corrected chi connectivity index (χ1v) is 6.90. The van der Waals surface area contributed by atoms with Gasteiger partial charge < -0.3 is 14.4 Å². The second-order valence-corrected chi connectivity index (χ2v) is 4.92. The zero-order valence-electron chi connectivity index (χ0n) is 13.1. The lowest BCUT2D eigenvalue weighted by molar-refractivity contribution is -0.153. The van der Waals surface area contributed by atoms with E-state index in [4.69, 9.17) is 14.7 Å². The van der Waals surface area contributed by atoms with E-state index < -0.39 is 5.97 Å². The van der Waals surface area contributed by atoms with E-state index >= 15 is 0 Å². The smallest absolute Gasteiger partial charge is 0.344 e. The average Bonchev–Trinajstić information content (AvgIpc) is 2.51. The van der Waals surface area contributed by atoms with Crippen LogP contribution in [0.4, 0.5) is 0 Å². The fraction of sp³-hybridized carbons (Fsp3) is 0.438. The zero-order chi connectivity index (χ0) is 16.5. The Bertz CT molecular complexity index is 578. The third-order valence-corrected chi connectivity index (χ3v) is 3.18. The number of nitrogens with zero attached hydrogens (tertiary/aromatic N) is 2. The summed E-state index contributed by atoms with van der Waals surface area (Å²) in [5, 5.41) is 8.44. The molecule has 0 N–H and O–H groups in total. The van der Waals surface area contributed by atoms with Crippen molar-refractivity contribution in [3.63, 3.8) is 0 Å². The van der Waals surface area contributed by atoms with Crippen molar-refractivity contribution in [2.75, 3.05) is 26.8 Å². The molecule has 1 aromatic rings. The fourth-order valence-electron chi connectivity index (χ4n) is 1.58. The predicted molar refractivity (Wildman–Crippen MR) is 80.2 cm³/mol. The molecule has 0 bridgehead atoms. The standard InChI is InChI=1S/C16H20N2O4/c1-12-5-6-14(9-13(12)2)21-11-16(20)22-10-15(19)18(3)8-4-7-17/h5-6,9H,4,8,10-11H2,1-3H3. The molecule has 0 atom stereocenters. The van der Waals surface area contributed by atoms with Gasteiger partial charge in [0.05, 0.1) is 12.5 Å². The van der Waals surface area contributed by atoms with Crippen LogP contribution in [0.3, 0.4) is 0 Å². The molecule has 6 nitrogen and oxygen atoms in total. The van der Waals surface area contributed by atoms with E-state index in [2.05, 4.69) is 0 Å². The van der Waals surface area contributed by atoms with Gasteiger partial charge in [-0.3, -0.25) is 4.79 Å². The molecule has 0 heterocycles. The molecule has 0 aliphatic heterocycles. The topological polar surface area (TPSA) is 79.6 Å². The Labute approximate surface area is 130 Å². The second-order valence-electron chi connectivity index (χ2n) is 4.92. The van der Waals surface area contributed by atoms with Crippen LogP contribution in [0.25, 0.3) is 0 Å². The number of hydrogen-bond donors (Lipinski definition) is 0. The SMILES string of the molecule is Cc1ccc(OCC(=O)OCC(=O)N(C)CCC#N)cc1C. The van der Waals surface area contributed by atoms with Gasteiger partial charge in [0.2, 0.25) is 0 Å². The maximum atomic E-state index is 11.6.